The first-order chi connectivity index (χ1) is 15.9. The van der Waals surface area contributed by atoms with Crippen molar-refractivity contribution in [3.8, 4) is 0 Å². The Morgan fingerprint density at radius 3 is 2.03 bits per heavy atom. The molecule has 2 aromatic rings. The van der Waals surface area contributed by atoms with E-state index in [0.29, 0.717) is 6.04 Å². The van der Waals surface area contributed by atoms with Gasteiger partial charge in [-0.05, 0) is 67.1 Å². The number of piperazine rings is 1. The largest absolute Gasteiger partial charge is 0.298 e. The number of benzene rings is 1. The highest BCUT2D eigenvalue weighted by Crippen LogP contribution is 2.40. The van der Waals surface area contributed by atoms with E-state index in [-0.39, 0.29) is 0 Å². The van der Waals surface area contributed by atoms with E-state index in [1.807, 2.05) is 18.5 Å². The molecule has 0 bridgehead atoms. The Balaban J connectivity index is 1.28. The van der Waals surface area contributed by atoms with Crippen LogP contribution in [0.4, 0.5) is 0 Å². The van der Waals surface area contributed by atoms with Gasteiger partial charge in [0.2, 0.25) is 0 Å². The van der Waals surface area contributed by atoms with Crippen LogP contribution in [0.2, 0.25) is 0 Å². The fraction of sp³-hybridized carbons (Fsp3) is 0.630. The Bertz CT molecular complexity index is 807. The smallest absolute Gasteiger partial charge is 0.192 e. The van der Waals surface area contributed by atoms with Crippen LogP contribution in [-0.4, -0.2) is 52.0 Å². The van der Waals surface area contributed by atoms with Crippen molar-refractivity contribution in [1.82, 2.24) is 19.8 Å². The Labute approximate surface area is 198 Å². The highest BCUT2D eigenvalue weighted by atomic mass is 32.2. The summed E-state index contributed by atoms with van der Waals surface area (Å²) in [6.45, 7) is 4.97. The minimum Gasteiger partial charge on any atom is -0.298 e. The second-order valence-corrected chi connectivity index (χ2v) is 10.9. The molecule has 1 atom stereocenters. The quantitative estimate of drug-likeness (QED) is 0.489. The molecule has 0 amide bonds. The molecule has 3 fully saturated rings. The average Bonchev–Trinajstić information content (AvgIpc) is 2.88. The van der Waals surface area contributed by atoms with Crippen LogP contribution in [0.5, 0.6) is 0 Å². The minimum absolute atomic E-state index is 0.579. The zero-order valence-corrected chi connectivity index (χ0v) is 20.2. The van der Waals surface area contributed by atoms with Crippen LogP contribution in [0.15, 0.2) is 52.8 Å². The Morgan fingerprint density at radius 2 is 1.38 bits per heavy atom. The molecule has 0 N–H and O–H groups in total. The second kappa shape index (κ2) is 11.1. The lowest BCUT2D eigenvalue weighted by atomic mass is 9.80. The molecule has 4 nitrogen and oxygen atoms in total. The predicted octanol–water partition coefficient (Wildman–Crippen LogP) is 6.20. The van der Waals surface area contributed by atoms with Crippen LogP contribution in [-0.2, 0) is 0 Å². The van der Waals surface area contributed by atoms with E-state index in [1.165, 1.54) is 101 Å². The lowest BCUT2D eigenvalue weighted by Crippen LogP contribution is -2.52. The first kappa shape index (κ1) is 22.4. The summed E-state index contributed by atoms with van der Waals surface area (Å²) in [5.74, 6) is 0.806. The van der Waals surface area contributed by atoms with Gasteiger partial charge >= 0.3 is 0 Å². The fourth-order valence-corrected chi connectivity index (χ4v) is 6.94. The van der Waals surface area contributed by atoms with Crippen LogP contribution >= 0.6 is 11.8 Å². The summed E-state index contributed by atoms with van der Waals surface area (Å²) in [7, 11) is 0. The summed E-state index contributed by atoms with van der Waals surface area (Å²) in [5.41, 5.74) is 1.52. The lowest BCUT2D eigenvalue weighted by Gasteiger charge is -2.46. The summed E-state index contributed by atoms with van der Waals surface area (Å²) in [6, 6.07) is 12.6. The summed E-state index contributed by atoms with van der Waals surface area (Å²) in [5, 5.41) is 0.822. The van der Waals surface area contributed by atoms with Gasteiger partial charge in [0.05, 0.1) is 0 Å². The number of rotatable bonds is 6. The van der Waals surface area contributed by atoms with Gasteiger partial charge in [0, 0.05) is 55.6 Å². The minimum atomic E-state index is 0.579. The maximum Gasteiger partial charge on any atom is 0.192 e. The molecule has 1 saturated heterocycles. The molecule has 1 aromatic heterocycles. The third-order valence-corrected chi connectivity index (χ3v) is 8.80. The van der Waals surface area contributed by atoms with Gasteiger partial charge in [-0.15, -0.1) is 0 Å². The van der Waals surface area contributed by atoms with Crippen LogP contribution in [0, 0.1) is 5.92 Å². The second-order valence-electron chi connectivity index (χ2n) is 9.91. The normalized spacial score (nSPS) is 23.2. The van der Waals surface area contributed by atoms with E-state index in [2.05, 4.69) is 44.0 Å². The predicted molar refractivity (Wildman–Crippen MR) is 132 cm³/mol. The zero-order valence-electron chi connectivity index (χ0n) is 19.4. The summed E-state index contributed by atoms with van der Waals surface area (Å²) in [4.78, 5) is 15.6. The van der Waals surface area contributed by atoms with Crippen LogP contribution in [0.25, 0.3) is 0 Å². The standard InChI is InChI=1S/C27H38N4S/c1-3-8-22(9-4-1)26(31-20-18-30(19-21-31)24-10-5-2-6-11-24)23-12-14-25(15-13-23)32-27-28-16-7-17-29-27/h7,12-17,22,24,26H,1-6,8-11,18-21H2. The average molecular weight is 451 g/mol. The van der Waals surface area contributed by atoms with Gasteiger partial charge in [0.15, 0.2) is 5.16 Å². The van der Waals surface area contributed by atoms with Crippen molar-refractivity contribution in [2.24, 2.45) is 5.92 Å². The summed E-state index contributed by atoms with van der Waals surface area (Å²) in [6.07, 6.45) is 17.8. The van der Waals surface area contributed by atoms with E-state index in [9.17, 15) is 0 Å². The molecular formula is C27H38N4S. The number of hydrogen-bond acceptors (Lipinski definition) is 5. The third-order valence-electron chi connectivity index (χ3n) is 7.90. The van der Waals surface area contributed by atoms with Crippen molar-refractivity contribution in [1.29, 1.82) is 0 Å². The van der Waals surface area contributed by atoms with E-state index in [0.717, 1.165) is 17.1 Å². The molecule has 1 aliphatic heterocycles. The molecule has 2 heterocycles. The molecular weight excluding hydrogens is 412 g/mol. The van der Waals surface area contributed by atoms with E-state index in [1.54, 1.807) is 11.8 Å². The molecule has 0 spiro atoms. The molecule has 5 rings (SSSR count). The summed E-state index contributed by atoms with van der Waals surface area (Å²) >= 11 is 1.65. The Morgan fingerprint density at radius 1 is 0.750 bits per heavy atom. The molecule has 2 saturated carbocycles. The maximum atomic E-state index is 4.36. The number of hydrogen-bond donors (Lipinski definition) is 0. The van der Waals surface area contributed by atoms with Gasteiger partial charge in [0.1, 0.15) is 0 Å². The Hall–Kier alpha value is -1.43. The lowest BCUT2D eigenvalue weighted by molar-refractivity contribution is 0.0318. The highest BCUT2D eigenvalue weighted by Gasteiger charge is 2.33. The number of nitrogens with zero attached hydrogens (tertiary/aromatic N) is 4. The zero-order chi connectivity index (χ0) is 21.6. The van der Waals surface area contributed by atoms with Crippen molar-refractivity contribution in [3.05, 3.63) is 48.3 Å². The topological polar surface area (TPSA) is 32.3 Å². The molecule has 1 aromatic carbocycles. The fourth-order valence-electron chi connectivity index (χ4n) is 6.23. The van der Waals surface area contributed by atoms with E-state index < -0.39 is 0 Å². The van der Waals surface area contributed by atoms with Gasteiger partial charge in [0.25, 0.3) is 0 Å². The number of aromatic nitrogens is 2. The molecule has 5 heteroatoms. The van der Waals surface area contributed by atoms with Crippen molar-refractivity contribution in [2.45, 2.75) is 86.3 Å². The molecule has 1 unspecified atom stereocenters. The first-order valence-corrected chi connectivity index (χ1v) is 13.7. The van der Waals surface area contributed by atoms with Crippen molar-refractivity contribution >= 4 is 11.8 Å². The third kappa shape index (κ3) is 5.55. The van der Waals surface area contributed by atoms with Crippen LogP contribution in [0.3, 0.4) is 0 Å². The van der Waals surface area contributed by atoms with Crippen LogP contribution < -0.4 is 0 Å². The maximum absolute atomic E-state index is 4.36. The molecule has 172 valence electrons. The van der Waals surface area contributed by atoms with Crippen molar-refractivity contribution < 1.29 is 0 Å². The van der Waals surface area contributed by atoms with Crippen molar-refractivity contribution in [3.63, 3.8) is 0 Å². The van der Waals surface area contributed by atoms with Gasteiger partial charge < -0.3 is 0 Å². The molecule has 32 heavy (non-hydrogen) atoms. The first-order valence-electron chi connectivity index (χ1n) is 12.9. The van der Waals surface area contributed by atoms with Gasteiger partial charge in [-0.1, -0.05) is 50.7 Å². The van der Waals surface area contributed by atoms with E-state index in [4.69, 9.17) is 0 Å². The highest BCUT2D eigenvalue weighted by molar-refractivity contribution is 7.99. The van der Waals surface area contributed by atoms with Gasteiger partial charge in [-0.25, -0.2) is 9.97 Å². The molecule has 2 aliphatic carbocycles. The SMILES string of the molecule is c1cnc(Sc2ccc(C(C3CCCCC3)N3CCN(C4CCCCC4)CC3)cc2)nc1. The summed E-state index contributed by atoms with van der Waals surface area (Å²) < 4.78 is 0. The van der Waals surface area contributed by atoms with Crippen LogP contribution in [0.1, 0.15) is 75.8 Å². The van der Waals surface area contributed by atoms with Gasteiger partial charge in [-0.2, -0.15) is 0 Å². The monoisotopic (exact) mass is 450 g/mol. The molecule has 0 radical (unpaired) electrons. The van der Waals surface area contributed by atoms with Crippen molar-refractivity contribution in [2.75, 3.05) is 26.2 Å². The van der Waals surface area contributed by atoms with E-state index >= 15 is 0 Å². The van der Waals surface area contributed by atoms with Gasteiger partial charge in [-0.3, -0.25) is 9.80 Å². The Kier molecular flexibility index (Phi) is 7.78. The molecule has 3 aliphatic rings.